The number of benzene rings is 1. The first-order valence-corrected chi connectivity index (χ1v) is 9.90. The summed E-state index contributed by atoms with van der Waals surface area (Å²) in [5.74, 6) is -0.868. The Morgan fingerprint density at radius 2 is 1.86 bits per heavy atom. The van der Waals surface area contributed by atoms with Crippen molar-refractivity contribution < 1.29 is 24.2 Å². The summed E-state index contributed by atoms with van der Waals surface area (Å²) in [6, 6.07) is 6.77. The number of carboxylic acids is 1. The first kappa shape index (κ1) is 20.3. The Balaban J connectivity index is 1.59. The number of carbonyl (C=O) groups is 3. The van der Waals surface area contributed by atoms with Crippen molar-refractivity contribution in [3.05, 3.63) is 35.4 Å². The van der Waals surface area contributed by atoms with Crippen LogP contribution in [0, 0.1) is 5.92 Å². The molecular formula is C21H28N2O5. The number of carbonyl (C=O) groups excluding carboxylic acids is 2. The van der Waals surface area contributed by atoms with E-state index in [9.17, 15) is 14.4 Å². The molecule has 1 aromatic carbocycles. The third kappa shape index (κ3) is 4.90. The maximum Gasteiger partial charge on any atom is 0.305 e. The molecule has 2 aliphatic rings. The van der Waals surface area contributed by atoms with E-state index >= 15 is 0 Å². The molecule has 1 aliphatic heterocycles. The van der Waals surface area contributed by atoms with Crippen molar-refractivity contribution in [1.29, 1.82) is 0 Å². The van der Waals surface area contributed by atoms with Gasteiger partial charge in [0.1, 0.15) is 0 Å². The lowest BCUT2D eigenvalue weighted by molar-refractivity contribution is -0.138. The van der Waals surface area contributed by atoms with Gasteiger partial charge in [-0.1, -0.05) is 25.0 Å². The first-order valence-electron chi connectivity index (χ1n) is 9.90. The SMILES string of the molecule is COC1CC(CC(=O)O)N(C(=O)c2ccc(CNC(=O)C3CCCC3)cc2)C1. The van der Waals surface area contributed by atoms with Crippen molar-refractivity contribution in [1.82, 2.24) is 10.2 Å². The summed E-state index contributed by atoms with van der Waals surface area (Å²) in [4.78, 5) is 37.7. The average molecular weight is 388 g/mol. The van der Waals surface area contributed by atoms with Crippen molar-refractivity contribution in [3.8, 4) is 0 Å². The van der Waals surface area contributed by atoms with Crippen molar-refractivity contribution in [2.75, 3.05) is 13.7 Å². The second-order valence-electron chi connectivity index (χ2n) is 7.70. The van der Waals surface area contributed by atoms with Gasteiger partial charge in [0.15, 0.2) is 0 Å². The number of amides is 2. The molecule has 2 amide bonds. The fraction of sp³-hybridized carbons (Fsp3) is 0.571. The van der Waals surface area contributed by atoms with Crippen LogP contribution in [0.15, 0.2) is 24.3 Å². The van der Waals surface area contributed by atoms with Crippen molar-refractivity contribution in [2.24, 2.45) is 5.92 Å². The molecule has 1 heterocycles. The van der Waals surface area contributed by atoms with Crippen LogP contribution < -0.4 is 5.32 Å². The molecule has 1 aromatic rings. The monoisotopic (exact) mass is 388 g/mol. The number of carboxylic acid groups (broad SMARTS) is 1. The molecule has 2 N–H and O–H groups in total. The average Bonchev–Trinajstić information content (AvgIpc) is 3.35. The third-order valence-corrected chi connectivity index (χ3v) is 5.77. The summed E-state index contributed by atoms with van der Waals surface area (Å²) < 4.78 is 5.33. The lowest BCUT2D eigenvalue weighted by atomic mass is 10.1. The Morgan fingerprint density at radius 3 is 2.46 bits per heavy atom. The van der Waals surface area contributed by atoms with Gasteiger partial charge >= 0.3 is 5.97 Å². The number of rotatable bonds is 7. The van der Waals surface area contributed by atoms with Gasteiger partial charge in [0.05, 0.1) is 12.5 Å². The van der Waals surface area contributed by atoms with Crippen LogP contribution in [0.25, 0.3) is 0 Å². The molecule has 7 heteroatoms. The molecule has 7 nitrogen and oxygen atoms in total. The molecule has 3 rings (SSSR count). The topological polar surface area (TPSA) is 95.9 Å². The number of nitrogens with one attached hydrogen (secondary N) is 1. The summed E-state index contributed by atoms with van der Waals surface area (Å²) in [5.41, 5.74) is 1.44. The molecule has 152 valence electrons. The second kappa shape index (κ2) is 9.19. The Kier molecular flexibility index (Phi) is 6.67. The molecule has 2 unspecified atom stereocenters. The molecule has 1 saturated heterocycles. The summed E-state index contributed by atoms with van der Waals surface area (Å²) >= 11 is 0. The number of likely N-dealkylation sites (tertiary alicyclic amines) is 1. The zero-order chi connectivity index (χ0) is 20.1. The highest BCUT2D eigenvalue weighted by Crippen LogP contribution is 2.26. The minimum atomic E-state index is -0.923. The van der Waals surface area contributed by atoms with E-state index in [1.807, 2.05) is 12.1 Å². The van der Waals surface area contributed by atoms with E-state index in [-0.39, 0.29) is 36.3 Å². The van der Waals surface area contributed by atoms with Crippen molar-refractivity contribution in [3.63, 3.8) is 0 Å². The Bertz CT molecular complexity index is 712. The quantitative estimate of drug-likeness (QED) is 0.747. The predicted molar refractivity (Wildman–Crippen MR) is 103 cm³/mol. The molecule has 28 heavy (non-hydrogen) atoms. The maximum atomic E-state index is 12.9. The zero-order valence-electron chi connectivity index (χ0n) is 16.2. The standard InChI is InChI=1S/C21H28N2O5/c1-28-18-10-17(11-19(24)25)23(13-18)21(27)16-8-6-14(7-9-16)12-22-20(26)15-4-2-3-5-15/h6-9,15,17-18H,2-5,10-13H2,1H3,(H,22,26)(H,24,25). The highest BCUT2D eigenvalue weighted by Gasteiger charge is 2.36. The number of hydrogen-bond acceptors (Lipinski definition) is 4. The van der Waals surface area contributed by atoms with Crippen LogP contribution in [0.4, 0.5) is 0 Å². The fourth-order valence-corrected chi connectivity index (χ4v) is 4.14. The minimum Gasteiger partial charge on any atom is -0.481 e. The first-order chi connectivity index (χ1) is 13.5. The van der Waals surface area contributed by atoms with Gasteiger partial charge in [0, 0.05) is 37.7 Å². The van der Waals surface area contributed by atoms with Gasteiger partial charge in [-0.3, -0.25) is 14.4 Å². The van der Waals surface area contributed by atoms with Gasteiger partial charge in [0.25, 0.3) is 5.91 Å². The number of methoxy groups -OCH3 is 1. The van der Waals surface area contributed by atoms with Gasteiger partial charge in [-0.25, -0.2) is 0 Å². The number of aliphatic carboxylic acids is 1. The van der Waals surface area contributed by atoms with Crippen LogP contribution >= 0.6 is 0 Å². The maximum absolute atomic E-state index is 12.9. The third-order valence-electron chi connectivity index (χ3n) is 5.77. The predicted octanol–water partition coefficient (Wildman–Crippen LogP) is 2.20. The number of ether oxygens (including phenoxy) is 1. The van der Waals surface area contributed by atoms with E-state index in [2.05, 4.69) is 5.32 Å². The molecule has 0 aromatic heterocycles. The van der Waals surface area contributed by atoms with Crippen LogP contribution in [-0.4, -0.2) is 53.6 Å². The highest BCUT2D eigenvalue weighted by atomic mass is 16.5. The van der Waals surface area contributed by atoms with Crippen LogP contribution in [0.1, 0.15) is 54.4 Å². The Labute approximate surface area is 165 Å². The van der Waals surface area contributed by atoms with E-state index in [0.29, 0.717) is 25.1 Å². The van der Waals surface area contributed by atoms with Gasteiger partial charge < -0.3 is 20.1 Å². The van der Waals surface area contributed by atoms with Crippen LogP contribution in [0.3, 0.4) is 0 Å². The zero-order valence-corrected chi connectivity index (χ0v) is 16.2. The van der Waals surface area contributed by atoms with Crippen molar-refractivity contribution in [2.45, 2.75) is 57.2 Å². The smallest absolute Gasteiger partial charge is 0.305 e. The minimum absolute atomic E-state index is 0.0864. The molecular weight excluding hydrogens is 360 g/mol. The Hall–Kier alpha value is -2.41. The second-order valence-corrected chi connectivity index (χ2v) is 7.70. The summed E-state index contributed by atoms with van der Waals surface area (Å²) in [7, 11) is 1.57. The van der Waals surface area contributed by atoms with E-state index < -0.39 is 5.97 Å². The van der Waals surface area contributed by atoms with Crippen molar-refractivity contribution >= 4 is 17.8 Å². The molecule has 0 bridgehead atoms. The van der Waals surface area contributed by atoms with Crippen LogP contribution in [0.2, 0.25) is 0 Å². The van der Waals surface area contributed by atoms with Gasteiger partial charge in [-0.15, -0.1) is 0 Å². The van der Waals surface area contributed by atoms with E-state index in [0.717, 1.165) is 31.2 Å². The Morgan fingerprint density at radius 1 is 1.18 bits per heavy atom. The molecule has 1 saturated carbocycles. The number of hydrogen-bond donors (Lipinski definition) is 2. The summed E-state index contributed by atoms with van der Waals surface area (Å²) in [5, 5.41) is 12.1. The molecule has 0 spiro atoms. The van der Waals surface area contributed by atoms with Crippen LogP contribution in [0.5, 0.6) is 0 Å². The fourth-order valence-electron chi connectivity index (χ4n) is 4.14. The number of nitrogens with zero attached hydrogens (tertiary/aromatic N) is 1. The summed E-state index contributed by atoms with van der Waals surface area (Å²) in [6.07, 6.45) is 4.48. The summed E-state index contributed by atoms with van der Waals surface area (Å²) in [6.45, 7) is 0.841. The lowest BCUT2D eigenvalue weighted by Gasteiger charge is -2.23. The van der Waals surface area contributed by atoms with Gasteiger partial charge in [-0.2, -0.15) is 0 Å². The molecule has 1 aliphatic carbocycles. The van der Waals surface area contributed by atoms with E-state index in [1.165, 1.54) is 0 Å². The molecule has 0 radical (unpaired) electrons. The largest absolute Gasteiger partial charge is 0.481 e. The lowest BCUT2D eigenvalue weighted by Crippen LogP contribution is -2.37. The van der Waals surface area contributed by atoms with Gasteiger partial charge in [0.2, 0.25) is 5.91 Å². The highest BCUT2D eigenvalue weighted by molar-refractivity contribution is 5.95. The van der Waals surface area contributed by atoms with E-state index in [4.69, 9.17) is 9.84 Å². The normalized spacial score (nSPS) is 22.4. The van der Waals surface area contributed by atoms with Gasteiger partial charge in [-0.05, 0) is 37.0 Å². The molecule has 2 atom stereocenters. The molecule has 2 fully saturated rings. The van der Waals surface area contributed by atoms with E-state index in [1.54, 1.807) is 24.1 Å². The van der Waals surface area contributed by atoms with Crippen LogP contribution in [-0.2, 0) is 20.9 Å².